The van der Waals surface area contributed by atoms with Crippen LogP contribution >= 0.6 is 0 Å². The number of non-ortho nitro benzene ring substituents is 1. The van der Waals surface area contributed by atoms with Crippen LogP contribution in [0.25, 0.3) is 0 Å². The second kappa shape index (κ2) is 7.12. The number of rotatable bonds is 6. The van der Waals surface area contributed by atoms with E-state index in [2.05, 4.69) is 9.72 Å². The molecule has 8 nitrogen and oxygen atoms in total. The van der Waals surface area contributed by atoms with E-state index in [9.17, 15) is 24.1 Å². The van der Waals surface area contributed by atoms with Crippen molar-refractivity contribution in [3.8, 4) is 5.75 Å². The van der Waals surface area contributed by atoms with E-state index in [1.54, 1.807) is 13.8 Å². The number of nitrogens with one attached hydrogen (secondary N) is 1. The predicted octanol–water partition coefficient (Wildman–Crippen LogP) is 2.73. The minimum absolute atomic E-state index is 0.153. The number of H-pyrrole nitrogens is 1. The largest absolute Gasteiger partial charge is 0.482 e. The van der Waals surface area contributed by atoms with Crippen LogP contribution in [0.4, 0.5) is 10.1 Å². The zero-order valence-electron chi connectivity index (χ0n) is 13.7. The fraction of sp³-hybridized carbons (Fsp3) is 0.250. The van der Waals surface area contributed by atoms with Gasteiger partial charge in [0.2, 0.25) is 5.78 Å². The van der Waals surface area contributed by atoms with Gasteiger partial charge in [0, 0.05) is 11.8 Å². The number of benzene rings is 1. The topological polar surface area (TPSA) is 112 Å². The fourth-order valence-electron chi connectivity index (χ4n) is 2.37. The van der Waals surface area contributed by atoms with Crippen molar-refractivity contribution in [1.29, 1.82) is 0 Å². The Kier molecular flexibility index (Phi) is 5.16. The summed E-state index contributed by atoms with van der Waals surface area (Å²) in [6, 6.07) is 2.86. The molecule has 0 saturated heterocycles. The number of aromatic amines is 1. The monoisotopic (exact) mass is 350 g/mol. The molecule has 1 N–H and O–H groups in total. The van der Waals surface area contributed by atoms with E-state index in [0.29, 0.717) is 17.3 Å². The lowest BCUT2D eigenvalue weighted by Crippen LogP contribution is -2.14. The maximum absolute atomic E-state index is 13.8. The van der Waals surface area contributed by atoms with Gasteiger partial charge >= 0.3 is 5.97 Å². The molecule has 1 heterocycles. The Morgan fingerprint density at radius 1 is 1.32 bits per heavy atom. The van der Waals surface area contributed by atoms with Crippen LogP contribution in [0.1, 0.15) is 32.1 Å². The standard InChI is InChI=1S/C16H15FN2O6/c1-8-14(16(21)24-3)9(2)18-15(8)12(20)7-25-13-5-4-10(19(22)23)6-11(13)17/h4-6,18H,7H2,1-3H3. The number of Topliss-reactive ketones (excluding diaryl/α,β-unsaturated/α-hetero) is 1. The molecule has 0 aliphatic rings. The molecule has 2 aromatic rings. The highest BCUT2D eigenvalue weighted by molar-refractivity contribution is 6.02. The van der Waals surface area contributed by atoms with Crippen molar-refractivity contribution in [3.63, 3.8) is 0 Å². The predicted molar refractivity (Wildman–Crippen MR) is 84.5 cm³/mol. The highest BCUT2D eigenvalue weighted by Crippen LogP contribution is 2.23. The molecule has 0 unspecified atom stereocenters. The molecule has 0 radical (unpaired) electrons. The second-order valence-electron chi connectivity index (χ2n) is 5.20. The zero-order valence-corrected chi connectivity index (χ0v) is 13.7. The Hall–Kier alpha value is -3.23. The molecule has 0 fully saturated rings. The van der Waals surface area contributed by atoms with Crippen LogP contribution in [0.3, 0.4) is 0 Å². The first-order valence-corrected chi connectivity index (χ1v) is 7.13. The maximum Gasteiger partial charge on any atom is 0.339 e. The number of nitrogens with zero attached hydrogens (tertiary/aromatic N) is 1. The smallest absolute Gasteiger partial charge is 0.339 e. The van der Waals surface area contributed by atoms with E-state index >= 15 is 0 Å². The van der Waals surface area contributed by atoms with Gasteiger partial charge in [-0.2, -0.15) is 0 Å². The van der Waals surface area contributed by atoms with Gasteiger partial charge in [-0.05, 0) is 25.5 Å². The quantitative estimate of drug-likeness (QED) is 0.371. The van der Waals surface area contributed by atoms with Crippen LogP contribution in [-0.2, 0) is 4.74 Å². The van der Waals surface area contributed by atoms with Gasteiger partial charge in [-0.3, -0.25) is 14.9 Å². The Balaban J connectivity index is 2.16. The molecular formula is C16H15FN2O6. The minimum Gasteiger partial charge on any atom is -0.482 e. The number of ketones is 1. The number of aromatic nitrogens is 1. The van der Waals surface area contributed by atoms with E-state index < -0.39 is 34.8 Å². The summed E-state index contributed by atoms with van der Waals surface area (Å²) >= 11 is 0. The van der Waals surface area contributed by atoms with Gasteiger partial charge in [-0.1, -0.05) is 0 Å². The zero-order chi connectivity index (χ0) is 18.7. The molecule has 1 aromatic heterocycles. The lowest BCUT2D eigenvalue weighted by molar-refractivity contribution is -0.385. The summed E-state index contributed by atoms with van der Waals surface area (Å²) in [6.07, 6.45) is 0. The molecule has 9 heteroatoms. The highest BCUT2D eigenvalue weighted by atomic mass is 19.1. The number of nitro benzene ring substituents is 1. The van der Waals surface area contributed by atoms with Gasteiger partial charge in [-0.15, -0.1) is 0 Å². The van der Waals surface area contributed by atoms with E-state index in [1.807, 2.05) is 0 Å². The average Bonchev–Trinajstić information content (AvgIpc) is 2.87. The number of carbonyl (C=O) groups excluding carboxylic acids is 2. The summed E-state index contributed by atoms with van der Waals surface area (Å²) in [5.41, 5.74) is 0.860. The van der Waals surface area contributed by atoms with Crippen molar-refractivity contribution < 1.29 is 28.4 Å². The number of hydrogen-bond acceptors (Lipinski definition) is 6. The maximum atomic E-state index is 13.8. The number of methoxy groups -OCH3 is 1. The van der Waals surface area contributed by atoms with Crippen LogP contribution in [0.2, 0.25) is 0 Å². The van der Waals surface area contributed by atoms with Crippen LogP contribution < -0.4 is 4.74 Å². The summed E-state index contributed by atoms with van der Waals surface area (Å²) in [6.45, 7) is 2.69. The molecule has 0 amide bonds. The van der Waals surface area contributed by atoms with Crippen LogP contribution in [-0.4, -0.2) is 35.4 Å². The van der Waals surface area contributed by atoms with Crippen molar-refractivity contribution in [2.24, 2.45) is 0 Å². The summed E-state index contributed by atoms with van der Waals surface area (Å²) < 4.78 is 23.5. The fourth-order valence-corrected chi connectivity index (χ4v) is 2.37. The van der Waals surface area contributed by atoms with Crippen molar-refractivity contribution in [2.75, 3.05) is 13.7 Å². The lowest BCUT2D eigenvalue weighted by Gasteiger charge is -2.06. The molecule has 2 rings (SSSR count). The average molecular weight is 350 g/mol. The number of esters is 1. The van der Waals surface area contributed by atoms with Crippen molar-refractivity contribution in [2.45, 2.75) is 13.8 Å². The Labute approximate surface area is 141 Å². The molecule has 132 valence electrons. The van der Waals surface area contributed by atoms with Crippen LogP contribution in [0.5, 0.6) is 5.75 Å². The van der Waals surface area contributed by atoms with E-state index in [-0.39, 0.29) is 17.0 Å². The number of halogens is 1. The Morgan fingerprint density at radius 3 is 2.56 bits per heavy atom. The SMILES string of the molecule is COC(=O)c1c(C)[nH]c(C(=O)COc2ccc([N+](=O)[O-])cc2F)c1C. The highest BCUT2D eigenvalue weighted by Gasteiger charge is 2.23. The number of aryl methyl sites for hydroxylation is 1. The first kappa shape index (κ1) is 18.1. The summed E-state index contributed by atoms with van der Waals surface area (Å²) in [5, 5.41) is 10.6. The third kappa shape index (κ3) is 3.65. The van der Waals surface area contributed by atoms with Crippen molar-refractivity contribution >= 4 is 17.4 Å². The number of hydrogen-bond donors (Lipinski definition) is 1. The Bertz CT molecular complexity index is 859. The lowest BCUT2D eigenvalue weighted by atomic mass is 10.1. The molecule has 0 saturated carbocycles. The molecule has 0 bridgehead atoms. The molecule has 1 aromatic carbocycles. The molecule has 0 aliphatic carbocycles. The van der Waals surface area contributed by atoms with E-state index in [4.69, 9.17) is 4.74 Å². The van der Waals surface area contributed by atoms with E-state index in [1.165, 1.54) is 7.11 Å². The van der Waals surface area contributed by atoms with Crippen LogP contribution in [0, 0.1) is 29.8 Å². The molecule has 25 heavy (non-hydrogen) atoms. The summed E-state index contributed by atoms with van der Waals surface area (Å²) in [7, 11) is 1.23. The first-order chi connectivity index (χ1) is 11.8. The second-order valence-corrected chi connectivity index (χ2v) is 5.20. The third-order valence-corrected chi connectivity index (χ3v) is 3.59. The molecular weight excluding hydrogens is 335 g/mol. The number of nitro groups is 1. The molecule has 0 spiro atoms. The van der Waals surface area contributed by atoms with Crippen molar-refractivity contribution in [1.82, 2.24) is 4.98 Å². The Morgan fingerprint density at radius 2 is 2.00 bits per heavy atom. The van der Waals surface area contributed by atoms with Gasteiger partial charge in [0.05, 0.1) is 29.4 Å². The van der Waals surface area contributed by atoms with Gasteiger partial charge in [0.15, 0.2) is 18.2 Å². The minimum atomic E-state index is -0.948. The number of ether oxygens (including phenoxy) is 2. The van der Waals surface area contributed by atoms with Gasteiger partial charge in [0.1, 0.15) is 0 Å². The first-order valence-electron chi connectivity index (χ1n) is 7.13. The van der Waals surface area contributed by atoms with Crippen LogP contribution in [0.15, 0.2) is 18.2 Å². The van der Waals surface area contributed by atoms with E-state index in [0.717, 1.165) is 12.1 Å². The normalized spacial score (nSPS) is 10.4. The van der Waals surface area contributed by atoms with Gasteiger partial charge in [0.25, 0.3) is 5.69 Å². The number of carbonyl (C=O) groups is 2. The third-order valence-electron chi connectivity index (χ3n) is 3.59. The summed E-state index contributed by atoms with van der Waals surface area (Å²) in [5.74, 6) is -2.31. The van der Waals surface area contributed by atoms with Gasteiger partial charge in [-0.25, -0.2) is 9.18 Å². The van der Waals surface area contributed by atoms with Crippen molar-refractivity contribution in [3.05, 3.63) is 56.6 Å². The van der Waals surface area contributed by atoms with Gasteiger partial charge < -0.3 is 14.5 Å². The molecule has 0 aliphatic heterocycles. The summed E-state index contributed by atoms with van der Waals surface area (Å²) in [4.78, 5) is 36.6. The molecule has 0 atom stereocenters.